The number of rotatable bonds is 4. The number of nitrogens with one attached hydrogen (secondary N) is 1. The summed E-state index contributed by atoms with van der Waals surface area (Å²) in [5, 5.41) is 16.1. The molecule has 1 heterocycles. The van der Waals surface area contributed by atoms with Crippen molar-refractivity contribution in [2.45, 2.75) is 24.8 Å². The fourth-order valence-electron chi connectivity index (χ4n) is 3.41. The van der Waals surface area contributed by atoms with Gasteiger partial charge in [-0.25, -0.2) is 0 Å². The van der Waals surface area contributed by atoms with Crippen LogP contribution in [0.25, 0.3) is 10.8 Å². The fourth-order valence-corrected chi connectivity index (χ4v) is 3.41. The van der Waals surface area contributed by atoms with Crippen molar-refractivity contribution in [3.63, 3.8) is 0 Å². The summed E-state index contributed by atoms with van der Waals surface area (Å²) in [5.74, 6) is 0.592. The average Bonchev–Trinajstić information content (AvgIpc) is 2.58. The minimum Gasteiger partial charge on any atom is -0.382 e. The normalized spacial score (nSPS) is 19.7. The highest BCUT2D eigenvalue weighted by Gasteiger charge is 2.30. The number of nitro groups is 1. The third-order valence-corrected chi connectivity index (χ3v) is 4.76. The van der Waals surface area contributed by atoms with Gasteiger partial charge in [0.1, 0.15) is 0 Å². The molecule has 3 aromatic rings. The number of non-ortho nitro benzene ring substituents is 1. The second-order valence-electron chi connectivity index (χ2n) is 6.23. The lowest BCUT2D eigenvalue weighted by Gasteiger charge is -2.37. The number of nitrogens with zero attached hydrogens (tertiary/aromatic N) is 2. The first kappa shape index (κ1) is 14.6. The summed E-state index contributed by atoms with van der Waals surface area (Å²) in [5.41, 5.74) is 2.42. The lowest BCUT2D eigenvalue weighted by atomic mass is 9.76. The Hall–Kier alpha value is -2.95. The Morgan fingerprint density at radius 3 is 2.58 bits per heavy atom. The summed E-state index contributed by atoms with van der Waals surface area (Å²) >= 11 is 0. The van der Waals surface area contributed by atoms with Gasteiger partial charge in [0.2, 0.25) is 0 Å². The van der Waals surface area contributed by atoms with Gasteiger partial charge in [-0.3, -0.25) is 15.1 Å². The van der Waals surface area contributed by atoms with Crippen LogP contribution in [0.15, 0.2) is 60.9 Å². The van der Waals surface area contributed by atoms with E-state index in [0.29, 0.717) is 17.3 Å². The van der Waals surface area contributed by atoms with Gasteiger partial charge in [-0.2, -0.15) is 0 Å². The van der Waals surface area contributed by atoms with E-state index in [4.69, 9.17) is 0 Å². The molecule has 120 valence electrons. The van der Waals surface area contributed by atoms with Crippen LogP contribution in [-0.4, -0.2) is 15.9 Å². The smallest absolute Gasteiger partial charge is 0.278 e. The van der Waals surface area contributed by atoms with Crippen LogP contribution in [0.1, 0.15) is 24.3 Å². The van der Waals surface area contributed by atoms with Crippen molar-refractivity contribution in [3.8, 4) is 0 Å². The molecular formula is C19H17N3O2. The summed E-state index contributed by atoms with van der Waals surface area (Å²) in [4.78, 5) is 14.8. The molecule has 2 aromatic carbocycles. The molecule has 5 heteroatoms. The molecule has 5 nitrogen and oxygen atoms in total. The molecule has 0 atom stereocenters. The Kier molecular flexibility index (Phi) is 3.61. The Bertz CT molecular complexity index is 890. The topological polar surface area (TPSA) is 68.1 Å². The zero-order valence-corrected chi connectivity index (χ0v) is 13.1. The molecular weight excluding hydrogens is 302 g/mol. The molecule has 1 N–H and O–H groups in total. The van der Waals surface area contributed by atoms with Crippen molar-refractivity contribution < 1.29 is 4.92 Å². The standard InChI is InChI=1S/C19H17N3O2/c23-22(24)19-7-6-18(16-8-9-20-12-17(16)19)21-15-10-14(11-15)13-4-2-1-3-5-13/h1-9,12,14-15,21H,10-11H2. The van der Waals surface area contributed by atoms with Crippen LogP contribution < -0.4 is 5.32 Å². The van der Waals surface area contributed by atoms with Gasteiger partial charge in [-0.1, -0.05) is 30.3 Å². The monoisotopic (exact) mass is 319 g/mol. The highest BCUT2D eigenvalue weighted by atomic mass is 16.6. The van der Waals surface area contributed by atoms with Gasteiger partial charge >= 0.3 is 0 Å². The highest BCUT2D eigenvalue weighted by molar-refractivity contribution is 5.99. The van der Waals surface area contributed by atoms with Crippen LogP contribution in [0.5, 0.6) is 0 Å². The zero-order valence-electron chi connectivity index (χ0n) is 13.1. The van der Waals surface area contributed by atoms with Gasteiger partial charge in [0.05, 0.1) is 10.3 Å². The number of nitro benzene ring substituents is 1. The number of fused-ring (bicyclic) bond motifs is 1. The Labute approximate surface area is 139 Å². The molecule has 1 aromatic heterocycles. The van der Waals surface area contributed by atoms with E-state index in [-0.39, 0.29) is 10.6 Å². The highest BCUT2D eigenvalue weighted by Crippen LogP contribution is 2.40. The van der Waals surface area contributed by atoms with Crippen LogP contribution in [0.2, 0.25) is 0 Å². The molecule has 0 saturated heterocycles. The van der Waals surface area contributed by atoms with E-state index in [1.165, 1.54) is 5.56 Å². The van der Waals surface area contributed by atoms with Gasteiger partial charge < -0.3 is 5.32 Å². The summed E-state index contributed by atoms with van der Waals surface area (Å²) in [6.07, 6.45) is 5.39. The Morgan fingerprint density at radius 2 is 1.83 bits per heavy atom. The first-order chi connectivity index (χ1) is 11.7. The maximum absolute atomic E-state index is 11.2. The molecule has 0 radical (unpaired) electrons. The van der Waals surface area contributed by atoms with Gasteiger partial charge in [-0.15, -0.1) is 0 Å². The second-order valence-corrected chi connectivity index (χ2v) is 6.23. The van der Waals surface area contributed by atoms with E-state index in [1.807, 2.05) is 12.1 Å². The maximum atomic E-state index is 11.2. The zero-order chi connectivity index (χ0) is 16.5. The van der Waals surface area contributed by atoms with Gasteiger partial charge in [0.15, 0.2) is 0 Å². The molecule has 24 heavy (non-hydrogen) atoms. The molecule has 1 aliphatic carbocycles. The predicted octanol–water partition coefficient (Wildman–Crippen LogP) is 4.50. The second kappa shape index (κ2) is 5.92. The Balaban J connectivity index is 1.54. The van der Waals surface area contributed by atoms with Gasteiger partial charge in [-0.05, 0) is 36.5 Å². The fraction of sp³-hybridized carbons (Fsp3) is 0.211. The summed E-state index contributed by atoms with van der Waals surface area (Å²) < 4.78 is 0. The van der Waals surface area contributed by atoms with Crippen LogP contribution in [0.4, 0.5) is 11.4 Å². The van der Waals surface area contributed by atoms with Gasteiger partial charge in [0, 0.05) is 35.6 Å². The van der Waals surface area contributed by atoms with E-state index in [1.54, 1.807) is 24.5 Å². The minimum absolute atomic E-state index is 0.0967. The van der Waals surface area contributed by atoms with E-state index >= 15 is 0 Å². The van der Waals surface area contributed by atoms with Crippen LogP contribution in [-0.2, 0) is 0 Å². The molecule has 0 aliphatic heterocycles. The van der Waals surface area contributed by atoms with Crippen molar-refractivity contribution in [2.24, 2.45) is 0 Å². The number of aromatic nitrogens is 1. The third kappa shape index (κ3) is 2.58. The van der Waals surface area contributed by atoms with E-state index in [0.717, 1.165) is 23.9 Å². The van der Waals surface area contributed by atoms with Crippen LogP contribution in [0, 0.1) is 10.1 Å². The summed E-state index contributed by atoms with van der Waals surface area (Å²) in [6, 6.07) is 16.1. The van der Waals surface area contributed by atoms with Crippen molar-refractivity contribution >= 4 is 22.1 Å². The number of pyridine rings is 1. The number of hydrogen-bond acceptors (Lipinski definition) is 4. The quantitative estimate of drug-likeness (QED) is 0.568. The molecule has 0 amide bonds. The molecule has 1 saturated carbocycles. The lowest BCUT2D eigenvalue weighted by molar-refractivity contribution is -0.383. The first-order valence-corrected chi connectivity index (χ1v) is 8.05. The average molecular weight is 319 g/mol. The maximum Gasteiger partial charge on any atom is 0.278 e. The van der Waals surface area contributed by atoms with Crippen LogP contribution in [0.3, 0.4) is 0 Å². The lowest BCUT2D eigenvalue weighted by Crippen LogP contribution is -2.34. The summed E-state index contributed by atoms with van der Waals surface area (Å²) in [7, 11) is 0. The molecule has 0 unspecified atom stereocenters. The number of anilines is 1. The molecule has 0 spiro atoms. The van der Waals surface area contributed by atoms with Crippen molar-refractivity contribution in [2.75, 3.05) is 5.32 Å². The van der Waals surface area contributed by atoms with Crippen molar-refractivity contribution in [1.82, 2.24) is 4.98 Å². The Morgan fingerprint density at radius 1 is 1.04 bits per heavy atom. The van der Waals surface area contributed by atoms with Gasteiger partial charge in [0.25, 0.3) is 5.69 Å². The van der Waals surface area contributed by atoms with Crippen LogP contribution >= 0.6 is 0 Å². The number of benzene rings is 2. The van der Waals surface area contributed by atoms with Crippen molar-refractivity contribution in [3.05, 3.63) is 76.6 Å². The van der Waals surface area contributed by atoms with E-state index in [9.17, 15) is 10.1 Å². The predicted molar refractivity (Wildman–Crippen MR) is 94.2 cm³/mol. The molecule has 1 aliphatic rings. The SMILES string of the molecule is O=[N+]([O-])c1ccc(NC2CC(c3ccccc3)C2)c2ccncc12. The van der Waals surface area contributed by atoms with E-state index < -0.39 is 0 Å². The van der Waals surface area contributed by atoms with E-state index in [2.05, 4.69) is 34.6 Å². The summed E-state index contributed by atoms with van der Waals surface area (Å²) in [6.45, 7) is 0. The molecule has 1 fully saturated rings. The minimum atomic E-state index is -0.359. The molecule has 4 rings (SSSR count). The third-order valence-electron chi connectivity index (χ3n) is 4.76. The number of hydrogen-bond donors (Lipinski definition) is 1. The largest absolute Gasteiger partial charge is 0.382 e. The molecule has 0 bridgehead atoms. The van der Waals surface area contributed by atoms with Crippen molar-refractivity contribution in [1.29, 1.82) is 0 Å². The first-order valence-electron chi connectivity index (χ1n) is 8.05.